The monoisotopic (exact) mass is 294 g/mol. The molecule has 0 aromatic carbocycles. The van der Waals surface area contributed by atoms with Crippen LogP contribution in [0.4, 0.5) is 5.82 Å². The number of hydrogen-bond donors (Lipinski definition) is 1. The Morgan fingerprint density at radius 3 is 2.85 bits per heavy atom. The minimum absolute atomic E-state index is 0.0481. The normalized spacial score (nSPS) is 22.6. The van der Waals surface area contributed by atoms with Gasteiger partial charge in [0.05, 0.1) is 0 Å². The molecular weight excluding hydrogens is 276 g/mol. The molecule has 0 amide bonds. The highest BCUT2D eigenvalue weighted by Crippen LogP contribution is 2.39. The smallest absolute Gasteiger partial charge is 0.262 e. The van der Waals surface area contributed by atoms with E-state index in [0.717, 1.165) is 6.42 Å². The number of hydrogen-bond acceptors (Lipinski definition) is 4. The SMILES string of the molecule is CC1CC1CN(C)S(=O)(=O)c1c(N)nc2ccccn12. The van der Waals surface area contributed by atoms with E-state index < -0.39 is 10.0 Å². The van der Waals surface area contributed by atoms with Gasteiger partial charge in [-0.05, 0) is 30.4 Å². The molecule has 6 nitrogen and oxygen atoms in total. The van der Waals surface area contributed by atoms with Gasteiger partial charge in [0.2, 0.25) is 0 Å². The van der Waals surface area contributed by atoms with E-state index in [1.165, 1.54) is 8.71 Å². The van der Waals surface area contributed by atoms with Gasteiger partial charge in [0.25, 0.3) is 10.0 Å². The number of rotatable bonds is 4. The van der Waals surface area contributed by atoms with E-state index in [0.29, 0.717) is 24.0 Å². The standard InChI is InChI=1S/C13H18N4O2S/c1-9-7-10(9)8-16(2)20(18,19)13-12(14)15-11-5-3-4-6-17(11)13/h3-6,9-10H,7-8,14H2,1-2H3. The second-order valence-corrected chi connectivity index (χ2v) is 7.45. The summed E-state index contributed by atoms with van der Waals surface area (Å²) in [4.78, 5) is 4.11. The summed E-state index contributed by atoms with van der Waals surface area (Å²) >= 11 is 0. The number of nitrogen functional groups attached to an aromatic ring is 1. The Morgan fingerprint density at radius 2 is 2.20 bits per heavy atom. The van der Waals surface area contributed by atoms with Gasteiger partial charge < -0.3 is 5.73 Å². The van der Waals surface area contributed by atoms with Gasteiger partial charge in [-0.3, -0.25) is 4.40 Å². The summed E-state index contributed by atoms with van der Waals surface area (Å²) in [6.07, 6.45) is 2.75. The Morgan fingerprint density at radius 1 is 1.50 bits per heavy atom. The lowest BCUT2D eigenvalue weighted by atomic mass is 10.3. The molecule has 1 aliphatic rings. The Kier molecular flexibility index (Phi) is 2.98. The third-order valence-electron chi connectivity index (χ3n) is 3.93. The van der Waals surface area contributed by atoms with Crippen LogP contribution in [0.3, 0.4) is 0 Å². The lowest BCUT2D eigenvalue weighted by Gasteiger charge is -2.17. The minimum atomic E-state index is -3.62. The maximum Gasteiger partial charge on any atom is 0.262 e. The van der Waals surface area contributed by atoms with Crippen LogP contribution in [0.15, 0.2) is 29.4 Å². The number of nitrogens with zero attached hydrogens (tertiary/aromatic N) is 3. The van der Waals surface area contributed by atoms with E-state index >= 15 is 0 Å². The van der Waals surface area contributed by atoms with E-state index in [1.807, 2.05) is 0 Å². The molecule has 2 aromatic heterocycles. The lowest BCUT2D eigenvalue weighted by molar-refractivity contribution is 0.442. The molecule has 2 aromatic rings. The van der Waals surface area contributed by atoms with Gasteiger partial charge in [0, 0.05) is 19.8 Å². The maximum absolute atomic E-state index is 12.7. The highest BCUT2D eigenvalue weighted by Gasteiger charge is 2.37. The predicted molar refractivity (Wildman–Crippen MR) is 76.7 cm³/mol. The van der Waals surface area contributed by atoms with Gasteiger partial charge in [-0.2, -0.15) is 4.31 Å². The van der Waals surface area contributed by atoms with E-state index in [2.05, 4.69) is 11.9 Å². The lowest BCUT2D eigenvalue weighted by Crippen LogP contribution is -2.30. The van der Waals surface area contributed by atoms with Crippen molar-refractivity contribution in [3.05, 3.63) is 24.4 Å². The number of sulfonamides is 1. The van der Waals surface area contributed by atoms with Gasteiger partial charge in [-0.25, -0.2) is 13.4 Å². The molecule has 2 unspecified atom stereocenters. The van der Waals surface area contributed by atoms with Crippen LogP contribution in [0.1, 0.15) is 13.3 Å². The zero-order valence-electron chi connectivity index (χ0n) is 11.5. The molecule has 2 N–H and O–H groups in total. The van der Waals surface area contributed by atoms with Crippen molar-refractivity contribution in [2.24, 2.45) is 11.8 Å². The van der Waals surface area contributed by atoms with Crippen LogP contribution in [-0.2, 0) is 10.0 Å². The van der Waals surface area contributed by atoms with Crippen molar-refractivity contribution >= 4 is 21.5 Å². The number of nitrogens with two attached hydrogens (primary N) is 1. The molecule has 0 radical (unpaired) electrons. The van der Waals surface area contributed by atoms with E-state index in [4.69, 9.17) is 5.73 Å². The fourth-order valence-electron chi connectivity index (χ4n) is 2.48. The second kappa shape index (κ2) is 4.46. The summed E-state index contributed by atoms with van der Waals surface area (Å²) in [7, 11) is -2.02. The van der Waals surface area contributed by atoms with Gasteiger partial charge in [-0.15, -0.1) is 0 Å². The van der Waals surface area contributed by atoms with Crippen molar-refractivity contribution in [3.63, 3.8) is 0 Å². The first-order chi connectivity index (χ1) is 9.41. The summed E-state index contributed by atoms with van der Waals surface area (Å²) in [5.74, 6) is 1.11. The van der Waals surface area contributed by atoms with Crippen LogP contribution in [0.2, 0.25) is 0 Å². The summed E-state index contributed by atoms with van der Waals surface area (Å²) in [5, 5.41) is 0.0592. The minimum Gasteiger partial charge on any atom is -0.381 e. The fourth-order valence-corrected chi connectivity index (χ4v) is 3.87. The van der Waals surface area contributed by atoms with Crippen LogP contribution < -0.4 is 5.73 Å². The highest BCUT2D eigenvalue weighted by atomic mass is 32.2. The van der Waals surface area contributed by atoms with Crippen molar-refractivity contribution in [2.75, 3.05) is 19.3 Å². The molecule has 0 saturated heterocycles. The van der Waals surface area contributed by atoms with E-state index in [9.17, 15) is 8.42 Å². The molecule has 0 aliphatic heterocycles. The molecule has 3 rings (SSSR count). The quantitative estimate of drug-likeness (QED) is 0.918. The zero-order valence-corrected chi connectivity index (χ0v) is 12.3. The van der Waals surface area contributed by atoms with Crippen molar-refractivity contribution in [1.82, 2.24) is 13.7 Å². The zero-order chi connectivity index (χ0) is 14.5. The third kappa shape index (κ3) is 2.06. The second-order valence-electron chi connectivity index (χ2n) is 5.49. The molecule has 7 heteroatoms. The van der Waals surface area contributed by atoms with Crippen LogP contribution in [0.5, 0.6) is 0 Å². The number of pyridine rings is 1. The van der Waals surface area contributed by atoms with Gasteiger partial charge in [-0.1, -0.05) is 13.0 Å². The molecule has 1 fully saturated rings. The van der Waals surface area contributed by atoms with Crippen molar-refractivity contribution in [2.45, 2.75) is 18.4 Å². The van der Waals surface area contributed by atoms with E-state index in [1.54, 1.807) is 31.4 Å². The number of anilines is 1. The number of imidazole rings is 1. The Bertz CT molecular complexity index is 753. The summed E-state index contributed by atoms with van der Waals surface area (Å²) in [6, 6.07) is 5.29. The Balaban J connectivity index is 2.02. The van der Waals surface area contributed by atoms with Gasteiger partial charge in [0.1, 0.15) is 5.65 Å². The summed E-state index contributed by atoms with van der Waals surface area (Å²) in [5.41, 5.74) is 6.35. The maximum atomic E-state index is 12.7. The predicted octanol–water partition coefficient (Wildman–Crippen LogP) is 1.19. The van der Waals surface area contributed by atoms with Crippen LogP contribution >= 0.6 is 0 Å². The van der Waals surface area contributed by atoms with Crippen molar-refractivity contribution in [1.29, 1.82) is 0 Å². The first-order valence-corrected chi connectivity index (χ1v) is 8.04. The molecule has 2 heterocycles. The average molecular weight is 294 g/mol. The topological polar surface area (TPSA) is 80.7 Å². The molecule has 1 saturated carbocycles. The van der Waals surface area contributed by atoms with Crippen LogP contribution in [0.25, 0.3) is 5.65 Å². The van der Waals surface area contributed by atoms with Crippen LogP contribution in [0, 0.1) is 11.8 Å². The molecule has 1 aliphatic carbocycles. The average Bonchev–Trinajstić information content (AvgIpc) is 2.96. The number of aromatic nitrogens is 2. The highest BCUT2D eigenvalue weighted by molar-refractivity contribution is 7.89. The summed E-state index contributed by atoms with van der Waals surface area (Å²) < 4.78 is 28.3. The molecule has 108 valence electrons. The first-order valence-electron chi connectivity index (χ1n) is 6.60. The Hall–Kier alpha value is -1.60. The molecular formula is C13H18N4O2S. The molecule has 0 bridgehead atoms. The van der Waals surface area contributed by atoms with Gasteiger partial charge >= 0.3 is 0 Å². The number of fused-ring (bicyclic) bond motifs is 1. The third-order valence-corrected chi connectivity index (χ3v) is 5.80. The van der Waals surface area contributed by atoms with Crippen molar-refractivity contribution < 1.29 is 8.42 Å². The van der Waals surface area contributed by atoms with E-state index in [-0.39, 0.29) is 10.8 Å². The molecule has 20 heavy (non-hydrogen) atoms. The van der Waals surface area contributed by atoms with Gasteiger partial charge in [0.15, 0.2) is 10.8 Å². The molecule has 0 spiro atoms. The van der Waals surface area contributed by atoms with Crippen LogP contribution in [-0.4, -0.2) is 35.7 Å². The molecule has 2 atom stereocenters. The first kappa shape index (κ1) is 13.4. The summed E-state index contributed by atoms with van der Waals surface area (Å²) in [6.45, 7) is 2.66. The largest absolute Gasteiger partial charge is 0.381 e. The Labute approximate surface area is 118 Å². The van der Waals surface area contributed by atoms with Crippen molar-refractivity contribution in [3.8, 4) is 0 Å². The fraction of sp³-hybridized carbons (Fsp3) is 0.462.